The molecule has 0 rings (SSSR count). The molecule has 0 unspecified atom stereocenters. The summed E-state index contributed by atoms with van der Waals surface area (Å²) in [6, 6.07) is -1.70. The molecule has 0 fully saturated rings. The quantitative estimate of drug-likeness (QED) is 0.460. The highest BCUT2D eigenvalue weighted by Gasteiger charge is 2.18. The van der Waals surface area contributed by atoms with Crippen molar-refractivity contribution in [1.82, 2.24) is 10.6 Å². The third-order valence-corrected chi connectivity index (χ3v) is 2.63. The average Bonchev–Trinajstić information content (AvgIpc) is 2.14. The summed E-state index contributed by atoms with van der Waals surface area (Å²) in [6.07, 6.45) is 0.909. The number of carbonyl (C=O) groups excluding carboxylic acids is 1. The number of amides is 2. The van der Waals surface area contributed by atoms with E-state index in [1.165, 1.54) is 0 Å². The van der Waals surface area contributed by atoms with E-state index in [1.807, 2.05) is 0 Å². The molecule has 1 atom stereocenters. The summed E-state index contributed by atoms with van der Waals surface area (Å²) in [6.45, 7) is 1.62. The number of nitrogens with two attached hydrogens (primary N) is 1. The lowest BCUT2D eigenvalue weighted by molar-refractivity contribution is -0.139. The fourth-order valence-corrected chi connectivity index (χ4v) is 1.45. The number of carbonyl (C=O) groups is 2. The maximum atomic E-state index is 11.2. The highest BCUT2D eigenvalue weighted by Crippen LogP contribution is 1.96. The van der Waals surface area contributed by atoms with Gasteiger partial charge in [-0.3, -0.25) is 0 Å². The Labute approximate surface area is 99.6 Å². The zero-order chi connectivity index (χ0) is 13.5. The van der Waals surface area contributed by atoms with Crippen molar-refractivity contribution in [2.75, 3.05) is 12.3 Å². The maximum Gasteiger partial charge on any atom is 0.326 e. The highest BCUT2D eigenvalue weighted by atomic mass is 32.2. The van der Waals surface area contributed by atoms with Gasteiger partial charge in [-0.25, -0.2) is 23.1 Å². The second-order valence-electron chi connectivity index (χ2n) is 3.45. The predicted octanol–water partition coefficient (Wildman–Crippen LogP) is -1.17. The third kappa shape index (κ3) is 8.46. The molecule has 0 aromatic rings. The van der Waals surface area contributed by atoms with Crippen LogP contribution in [0.2, 0.25) is 0 Å². The predicted molar refractivity (Wildman–Crippen MR) is 60.8 cm³/mol. The Bertz CT molecular complexity index is 367. The summed E-state index contributed by atoms with van der Waals surface area (Å²) in [5.41, 5.74) is 0. The van der Waals surface area contributed by atoms with Gasteiger partial charge in [0, 0.05) is 6.54 Å². The summed E-state index contributed by atoms with van der Waals surface area (Å²) >= 11 is 0. The van der Waals surface area contributed by atoms with Gasteiger partial charge in [-0.05, 0) is 6.42 Å². The van der Waals surface area contributed by atoms with E-state index in [0.29, 0.717) is 12.8 Å². The Hall–Kier alpha value is -1.35. The van der Waals surface area contributed by atoms with E-state index >= 15 is 0 Å². The number of carboxylic acid groups (broad SMARTS) is 1. The molecule has 0 aliphatic carbocycles. The first kappa shape index (κ1) is 15.7. The Balaban J connectivity index is 4.03. The van der Waals surface area contributed by atoms with Gasteiger partial charge in [-0.15, -0.1) is 0 Å². The molecule has 0 aromatic carbocycles. The van der Waals surface area contributed by atoms with Crippen LogP contribution in [0.15, 0.2) is 0 Å². The maximum absolute atomic E-state index is 11.2. The van der Waals surface area contributed by atoms with Crippen molar-refractivity contribution in [2.24, 2.45) is 5.14 Å². The van der Waals surface area contributed by atoms with Crippen LogP contribution in [0.3, 0.4) is 0 Å². The molecule has 0 bridgehead atoms. The molecular weight excluding hydrogens is 250 g/mol. The number of aliphatic carboxylic acids is 1. The lowest BCUT2D eigenvalue weighted by Crippen LogP contribution is -2.47. The molecule has 0 heterocycles. The van der Waals surface area contributed by atoms with E-state index in [9.17, 15) is 18.0 Å². The van der Waals surface area contributed by atoms with Gasteiger partial charge < -0.3 is 15.7 Å². The Morgan fingerprint density at radius 3 is 2.41 bits per heavy atom. The summed E-state index contributed by atoms with van der Waals surface area (Å²) in [4.78, 5) is 21.9. The summed E-state index contributed by atoms with van der Waals surface area (Å²) in [7, 11) is -3.63. The number of hydrogen-bond donors (Lipinski definition) is 4. The second-order valence-corrected chi connectivity index (χ2v) is 5.18. The Morgan fingerprint density at radius 2 is 2.00 bits per heavy atom. The van der Waals surface area contributed by atoms with Crippen molar-refractivity contribution in [3.8, 4) is 0 Å². The van der Waals surface area contributed by atoms with Crippen LogP contribution < -0.4 is 15.8 Å². The van der Waals surface area contributed by atoms with Crippen molar-refractivity contribution in [3.63, 3.8) is 0 Å². The van der Waals surface area contributed by atoms with Crippen molar-refractivity contribution >= 4 is 22.0 Å². The van der Waals surface area contributed by atoms with Gasteiger partial charge in [0.25, 0.3) is 0 Å². The van der Waals surface area contributed by atoms with Gasteiger partial charge in [-0.2, -0.15) is 0 Å². The normalized spacial score (nSPS) is 12.8. The van der Waals surface area contributed by atoms with Gasteiger partial charge in [0.15, 0.2) is 0 Å². The number of urea groups is 1. The molecule has 9 heteroatoms. The number of rotatable bonds is 7. The molecule has 0 aliphatic rings. The second kappa shape index (κ2) is 7.07. The fourth-order valence-electron chi connectivity index (χ4n) is 1.06. The number of sulfonamides is 1. The minimum Gasteiger partial charge on any atom is -0.480 e. The average molecular weight is 267 g/mol. The number of carboxylic acids is 1. The Morgan fingerprint density at radius 1 is 1.41 bits per heavy atom. The standard InChI is InChI=1S/C8H17N3O5S/c1-2-3-6(7(12)13)11-8(14)10-4-5-17(9,15)16/h6H,2-5H2,1H3,(H,12,13)(H2,9,15,16)(H2,10,11,14)/t6-/m0/s1. The van der Waals surface area contributed by atoms with Crippen LogP contribution in [0, 0.1) is 0 Å². The smallest absolute Gasteiger partial charge is 0.326 e. The van der Waals surface area contributed by atoms with Crippen molar-refractivity contribution in [3.05, 3.63) is 0 Å². The molecule has 100 valence electrons. The van der Waals surface area contributed by atoms with Crippen LogP contribution in [0.5, 0.6) is 0 Å². The lowest BCUT2D eigenvalue weighted by Gasteiger charge is -2.13. The minimum atomic E-state index is -3.63. The van der Waals surface area contributed by atoms with Crippen LogP contribution in [0.4, 0.5) is 4.79 Å². The first-order valence-electron chi connectivity index (χ1n) is 5.04. The SMILES string of the molecule is CCC[C@H](NC(=O)NCCS(N)(=O)=O)C(=O)O. The van der Waals surface area contributed by atoms with Crippen molar-refractivity contribution in [1.29, 1.82) is 0 Å². The van der Waals surface area contributed by atoms with Crippen LogP contribution in [-0.2, 0) is 14.8 Å². The van der Waals surface area contributed by atoms with E-state index in [-0.39, 0.29) is 6.54 Å². The Kier molecular flexibility index (Phi) is 6.51. The monoisotopic (exact) mass is 267 g/mol. The molecule has 17 heavy (non-hydrogen) atoms. The molecule has 8 nitrogen and oxygen atoms in total. The fraction of sp³-hybridized carbons (Fsp3) is 0.750. The van der Waals surface area contributed by atoms with E-state index in [2.05, 4.69) is 10.6 Å². The van der Waals surface area contributed by atoms with E-state index in [0.717, 1.165) is 0 Å². The largest absolute Gasteiger partial charge is 0.480 e. The zero-order valence-corrected chi connectivity index (χ0v) is 10.3. The highest BCUT2D eigenvalue weighted by molar-refractivity contribution is 7.89. The molecule has 0 spiro atoms. The van der Waals surface area contributed by atoms with E-state index in [1.54, 1.807) is 6.92 Å². The summed E-state index contributed by atoms with van der Waals surface area (Å²) < 4.78 is 21.1. The third-order valence-electron chi connectivity index (χ3n) is 1.85. The van der Waals surface area contributed by atoms with Gasteiger partial charge in [0.2, 0.25) is 10.0 Å². The summed E-state index contributed by atoms with van der Waals surface area (Å²) in [5.74, 6) is -1.53. The van der Waals surface area contributed by atoms with Crippen LogP contribution >= 0.6 is 0 Å². The number of primary sulfonamides is 1. The molecule has 5 N–H and O–H groups in total. The molecule has 2 amide bonds. The molecular formula is C8H17N3O5S. The van der Waals surface area contributed by atoms with Gasteiger partial charge in [0.1, 0.15) is 6.04 Å². The number of hydrogen-bond acceptors (Lipinski definition) is 4. The van der Waals surface area contributed by atoms with Crippen LogP contribution in [0.1, 0.15) is 19.8 Å². The minimum absolute atomic E-state index is 0.164. The lowest BCUT2D eigenvalue weighted by atomic mass is 10.2. The molecule has 0 aromatic heterocycles. The van der Waals surface area contributed by atoms with Crippen molar-refractivity contribution in [2.45, 2.75) is 25.8 Å². The van der Waals surface area contributed by atoms with Crippen molar-refractivity contribution < 1.29 is 23.1 Å². The number of nitrogens with one attached hydrogen (secondary N) is 2. The summed E-state index contributed by atoms with van der Waals surface area (Å²) in [5, 5.41) is 17.9. The van der Waals surface area contributed by atoms with Gasteiger partial charge in [-0.1, -0.05) is 13.3 Å². The zero-order valence-electron chi connectivity index (χ0n) is 9.47. The topological polar surface area (TPSA) is 139 Å². The molecule has 0 saturated carbocycles. The van der Waals surface area contributed by atoms with Gasteiger partial charge in [0.05, 0.1) is 5.75 Å². The molecule has 0 saturated heterocycles. The van der Waals surface area contributed by atoms with E-state index in [4.69, 9.17) is 10.2 Å². The van der Waals surface area contributed by atoms with Crippen LogP contribution in [-0.4, -0.2) is 43.9 Å². The molecule has 0 radical (unpaired) electrons. The first-order chi connectivity index (χ1) is 7.76. The van der Waals surface area contributed by atoms with E-state index < -0.39 is 33.8 Å². The van der Waals surface area contributed by atoms with Gasteiger partial charge >= 0.3 is 12.0 Å². The molecule has 0 aliphatic heterocycles. The van der Waals surface area contributed by atoms with Crippen LogP contribution in [0.25, 0.3) is 0 Å². The first-order valence-corrected chi connectivity index (χ1v) is 6.75.